The number of urea groups is 1. The van der Waals surface area contributed by atoms with Crippen molar-refractivity contribution in [1.82, 2.24) is 9.88 Å². The van der Waals surface area contributed by atoms with Crippen LogP contribution in [0.4, 0.5) is 9.93 Å². The summed E-state index contributed by atoms with van der Waals surface area (Å²) in [6, 6.07) is 0.934. The number of carbonyl (C=O) groups excluding carboxylic acids is 1. The van der Waals surface area contributed by atoms with Gasteiger partial charge in [0.05, 0.1) is 5.69 Å². The largest absolute Gasteiger partial charge is 0.324 e. The third-order valence-electron chi connectivity index (χ3n) is 5.00. The second-order valence-corrected chi connectivity index (χ2v) is 7.57. The van der Waals surface area contributed by atoms with Crippen LogP contribution in [-0.2, 0) is 0 Å². The van der Waals surface area contributed by atoms with Crippen molar-refractivity contribution in [2.45, 2.75) is 83.2 Å². The quantitative estimate of drug-likeness (QED) is 0.856. The summed E-state index contributed by atoms with van der Waals surface area (Å²) in [4.78, 5) is 19.5. The SMILES string of the molecule is Cc1csc(NC(=O)N(C2CCCCC2)C2CCCCC2)n1. The van der Waals surface area contributed by atoms with Crippen LogP contribution >= 0.6 is 11.3 Å². The highest BCUT2D eigenvalue weighted by molar-refractivity contribution is 7.13. The van der Waals surface area contributed by atoms with E-state index in [-0.39, 0.29) is 6.03 Å². The van der Waals surface area contributed by atoms with Crippen LogP contribution in [0.2, 0.25) is 0 Å². The number of nitrogens with zero attached hydrogens (tertiary/aromatic N) is 2. The lowest BCUT2D eigenvalue weighted by Crippen LogP contribution is -2.50. The van der Waals surface area contributed by atoms with Crippen LogP contribution in [0.3, 0.4) is 0 Å². The van der Waals surface area contributed by atoms with Crippen LogP contribution in [-0.4, -0.2) is 28.0 Å². The highest BCUT2D eigenvalue weighted by Crippen LogP contribution is 2.31. The van der Waals surface area contributed by atoms with E-state index in [1.807, 2.05) is 12.3 Å². The molecule has 0 spiro atoms. The fourth-order valence-corrected chi connectivity index (χ4v) is 4.59. The first-order chi connectivity index (χ1) is 10.7. The number of nitrogens with one attached hydrogen (secondary N) is 1. The fourth-order valence-electron chi connectivity index (χ4n) is 3.92. The summed E-state index contributed by atoms with van der Waals surface area (Å²) in [5.41, 5.74) is 0.974. The third-order valence-corrected chi connectivity index (χ3v) is 5.88. The monoisotopic (exact) mass is 321 g/mol. The normalized spacial score (nSPS) is 20.8. The number of aryl methyl sites for hydroxylation is 1. The number of anilines is 1. The Hall–Kier alpha value is -1.10. The molecule has 1 aromatic heterocycles. The van der Waals surface area contributed by atoms with Crippen molar-refractivity contribution in [3.8, 4) is 0 Å². The van der Waals surface area contributed by atoms with E-state index in [4.69, 9.17) is 0 Å². The maximum absolute atomic E-state index is 12.9. The molecule has 0 saturated heterocycles. The molecule has 122 valence electrons. The predicted molar refractivity (Wildman–Crippen MR) is 91.5 cm³/mol. The molecule has 2 amide bonds. The first-order valence-corrected chi connectivity index (χ1v) is 9.63. The lowest BCUT2D eigenvalue weighted by molar-refractivity contribution is 0.114. The molecule has 0 aromatic carbocycles. The predicted octanol–water partition coefficient (Wildman–Crippen LogP) is 4.95. The lowest BCUT2D eigenvalue weighted by Gasteiger charge is -2.41. The van der Waals surface area contributed by atoms with Gasteiger partial charge in [-0.2, -0.15) is 0 Å². The summed E-state index contributed by atoms with van der Waals surface area (Å²) < 4.78 is 0. The van der Waals surface area contributed by atoms with Crippen molar-refractivity contribution in [2.75, 3.05) is 5.32 Å². The molecule has 3 rings (SSSR count). The van der Waals surface area contributed by atoms with Crippen molar-refractivity contribution in [2.24, 2.45) is 0 Å². The molecule has 5 heteroatoms. The van der Waals surface area contributed by atoms with Gasteiger partial charge in [-0.15, -0.1) is 11.3 Å². The minimum atomic E-state index is 0.0770. The van der Waals surface area contributed by atoms with E-state index >= 15 is 0 Å². The van der Waals surface area contributed by atoms with Crippen LogP contribution in [0.25, 0.3) is 0 Å². The molecule has 0 radical (unpaired) electrons. The van der Waals surface area contributed by atoms with Gasteiger partial charge < -0.3 is 4.90 Å². The number of thiazole rings is 1. The minimum Gasteiger partial charge on any atom is -0.319 e. The second kappa shape index (κ2) is 7.44. The molecule has 4 nitrogen and oxygen atoms in total. The number of carbonyl (C=O) groups is 1. The van der Waals surface area contributed by atoms with Gasteiger partial charge in [0.25, 0.3) is 0 Å². The Morgan fingerprint density at radius 3 is 2.09 bits per heavy atom. The van der Waals surface area contributed by atoms with Gasteiger partial charge in [0, 0.05) is 17.5 Å². The molecule has 2 fully saturated rings. The third kappa shape index (κ3) is 3.80. The van der Waals surface area contributed by atoms with Gasteiger partial charge in [0.15, 0.2) is 5.13 Å². The molecule has 0 unspecified atom stereocenters. The van der Waals surface area contributed by atoms with Gasteiger partial charge >= 0.3 is 6.03 Å². The van der Waals surface area contributed by atoms with E-state index in [0.717, 1.165) is 10.8 Å². The van der Waals surface area contributed by atoms with Gasteiger partial charge in [-0.25, -0.2) is 9.78 Å². The smallest absolute Gasteiger partial charge is 0.319 e. The average molecular weight is 321 g/mol. The molecule has 0 aliphatic heterocycles. The van der Waals surface area contributed by atoms with Crippen LogP contribution in [0.1, 0.15) is 69.9 Å². The zero-order valence-corrected chi connectivity index (χ0v) is 14.3. The first-order valence-electron chi connectivity index (χ1n) is 8.75. The minimum absolute atomic E-state index is 0.0770. The standard InChI is InChI=1S/C17H27N3OS/c1-13-12-22-16(18-13)19-17(21)20(14-8-4-2-5-9-14)15-10-6-3-7-11-15/h12,14-15H,2-11H2,1H3,(H,18,19,21). The Morgan fingerprint density at radius 1 is 1.09 bits per heavy atom. The summed E-state index contributed by atoms with van der Waals surface area (Å²) in [6.07, 6.45) is 12.4. The summed E-state index contributed by atoms with van der Waals surface area (Å²) in [5.74, 6) is 0. The van der Waals surface area contributed by atoms with Crippen LogP contribution < -0.4 is 5.32 Å². The number of amides is 2. The molecule has 22 heavy (non-hydrogen) atoms. The Bertz CT molecular complexity index is 472. The number of hydrogen-bond donors (Lipinski definition) is 1. The van der Waals surface area contributed by atoms with Crippen molar-refractivity contribution >= 4 is 22.5 Å². The molecule has 0 bridgehead atoms. The Morgan fingerprint density at radius 2 is 1.64 bits per heavy atom. The molecule has 1 heterocycles. The summed E-state index contributed by atoms with van der Waals surface area (Å²) in [5, 5.41) is 5.77. The fraction of sp³-hybridized carbons (Fsp3) is 0.765. The van der Waals surface area contributed by atoms with E-state index in [2.05, 4.69) is 15.2 Å². The zero-order chi connectivity index (χ0) is 15.4. The van der Waals surface area contributed by atoms with Crippen molar-refractivity contribution < 1.29 is 4.79 Å². The van der Waals surface area contributed by atoms with Crippen molar-refractivity contribution in [1.29, 1.82) is 0 Å². The zero-order valence-electron chi connectivity index (χ0n) is 13.5. The van der Waals surface area contributed by atoms with Gasteiger partial charge in [0.2, 0.25) is 0 Å². The Labute approximate surface area is 137 Å². The topological polar surface area (TPSA) is 45.2 Å². The van der Waals surface area contributed by atoms with Gasteiger partial charge in [-0.05, 0) is 32.6 Å². The summed E-state index contributed by atoms with van der Waals surface area (Å²) >= 11 is 1.52. The first kappa shape index (κ1) is 15.8. The molecule has 2 aliphatic rings. The lowest BCUT2D eigenvalue weighted by atomic mass is 9.89. The van der Waals surface area contributed by atoms with Crippen molar-refractivity contribution in [3.05, 3.63) is 11.1 Å². The van der Waals surface area contributed by atoms with Gasteiger partial charge in [-0.3, -0.25) is 5.32 Å². The molecule has 2 saturated carbocycles. The molecule has 1 N–H and O–H groups in total. The average Bonchev–Trinajstić information content (AvgIpc) is 2.95. The second-order valence-electron chi connectivity index (χ2n) is 6.72. The summed E-state index contributed by atoms with van der Waals surface area (Å²) in [6.45, 7) is 1.96. The molecule has 1 aromatic rings. The molecular formula is C17H27N3OS. The highest BCUT2D eigenvalue weighted by atomic mass is 32.1. The Kier molecular flexibility index (Phi) is 5.34. The highest BCUT2D eigenvalue weighted by Gasteiger charge is 2.32. The van der Waals surface area contributed by atoms with E-state index < -0.39 is 0 Å². The maximum Gasteiger partial charge on any atom is 0.324 e. The van der Waals surface area contributed by atoms with Gasteiger partial charge in [-0.1, -0.05) is 38.5 Å². The van der Waals surface area contributed by atoms with Crippen LogP contribution in [0, 0.1) is 6.92 Å². The number of rotatable bonds is 3. The van der Waals surface area contributed by atoms with Crippen molar-refractivity contribution in [3.63, 3.8) is 0 Å². The van der Waals surface area contributed by atoms with E-state index in [9.17, 15) is 4.79 Å². The van der Waals surface area contributed by atoms with E-state index in [0.29, 0.717) is 12.1 Å². The van der Waals surface area contributed by atoms with Crippen LogP contribution in [0.5, 0.6) is 0 Å². The molecule has 0 atom stereocenters. The maximum atomic E-state index is 12.9. The molecule has 2 aliphatic carbocycles. The van der Waals surface area contributed by atoms with Gasteiger partial charge in [0.1, 0.15) is 0 Å². The number of hydrogen-bond acceptors (Lipinski definition) is 3. The van der Waals surface area contributed by atoms with E-state index in [1.54, 1.807) is 0 Å². The summed E-state index contributed by atoms with van der Waals surface area (Å²) in [7, 11) is 0. The van der Waals surface area contributed by atoms with E-state index in [1.165, 1.54) is 75.5 Å². The Balaban J connectivity index is 1.72. The van der Waals surface area contributed by atoms with Crippen LogP contribution in [0.15, 0.2) is 5.38 Å². The number of aromatic nitrogens is 1. The molecular weight excluding hydrogens is 294 g/mol.